The Morgan fingerprint density at radius 1 is 1.27 bits per heavy atom. The van der Waals surface area contributed by atoms with E-state index in [0.717, 1.165) is 67.5 Å². The predicted octanol–water partition coefficient (Wildman–Crippen LogP) is 5.22. The van der Waals surface area contributed by atoms with E-state index in [1.165, 1.54) is 6.42 Å². The summed E-state index contributed by atoms with van der Waals surface area (Å²) in [5.74, 6) is 0.934. The third-order valence-corrected chi connectivity index (χ3v) is 5.92. The molecule has 2 aromatic rings. The van der Waals surface area contributed by atoms with E-state index < -0.39 is 0 Å². The molecule has 1 aromatic carbocycles. The van der Waals surface area contributed by atoms with Gasteiger partial charge in [0.1, 0.15) is 11.3 Å². The molecule has 2 heterocycles. The summed E-state index contributed by atoms with van der Waals surface area (Å²) in [6.45, 7) is 3.96. The SMILES string of the molecule is CCCN(C)Cc1cc2cc(Cl)c3c(c2o1)C1(CCCCC1)NC(=O)N3. The van der Waals surface area contributed by atoms with Crippen LogP contribution in [0.5, 0.6) is 0 Å². The lowest BCUT2D eigenvalue weighted by Gasteiger charge is -2.42. The molecule has 0 radical (unpaired) electrons. The van der Waals surface area contributed by atoms with E-state index in [1.54, 1.807) is 0 Å². The quantitative estimate of drug-likeness (QED) is 0.769. The van der Waals surface area contributed by atoms with Gasteiger partial charge in [0.25, 0.3) is 0 Å². The van der Waals surface area contributed by atoms with Crippen molar-refractivity contribution >= 4 is 34.3 Å². The molecule has 1 aliphatic heterocycles. The maximum atomic E-state index is 12.3. The number of carbonyl (C=O) groups excluding carboxylic acids is 1. The maximum absolute atomic E-state index is 12.3. The fourth-order valence-corrected chi connectivity index (χ4v) is 4.80. The van der Waals surface area contributed by atoms with E-state index in [4.69, 9.17) is 16.0 Å². The van der Waals surface area contributed by atoms with E-state index in [0.29, 0.717) is 10.7 Å². The van der Waals surface area contributed by atoms with Crippen LogP contribution in [0.25, 0.3) is 11.0 Å². The molecule has 2 N–H and O–H groups in total. The van der Waals surface area contributed by atoms with Crippen molar-refractivity contribution in [1.82, 2.24) is 10.2 Å². The molecule has 2 aliphatic rings. The van der Waals surface area contributed by atoms with Crippen LogP contribution in [-0.4, -0.2) is 24.5 Å². The molecular weight excluding hydrogens is 350 g/mol. The average Bonchev–Trinajstić information content (AvgIpc) is 2.97. The Hall–Kier alpha value is -1.72. The lowest BCUT2D eigenvalue weighted by Crippen LogP contribution is -2.52. The van der Waals surface area contributed by atoms with Gasteiger partial charge in [-0.1, -0.05) is 37.8 Å². The summed E-state index contributed by atoms with van der Waals surface area (Å²) in [6.07, 6.45) is 6.36. The molecule has 26 heavy (non-hydrogen) atoms. The number of hydrogen-bond donors (Lipinski definition) is 2. The van der Waals surface area contributed by atoms with E-state index >= 15 is 0 Å². The first kappa shape index (κ1) is 17.7. The van der Waals surface area contributed by atoms with Gasteiger partial charge < -0.3 is 15.1 Å². The van der Waals surface area contributed by atoms with Gasteiger partial charge in [-0.3, -0.25) is 4.90 Å². The van der Waals surface area contributed by atoms with Crippen LogP contribution in [0.15, 0.2) is 16.5 Å². The van der Waals surface area contributed by atoms with Crippen LogP contribution < -0.4 is 10.6 Å². The number of carbonyl (C=O) groups is 1. The summed E-state index contributed by atoms with van der Waals surface area (Å²) in [7, 11) is 2.10. The molecule has 0 bridgehead atoms. The number of nitrogens with one attached hydrogen (secondary N) is 2. The summed E-state index contributed by atoms with van der Waals surface area (Å²) < 4.78 is 6.31. The van der Waals surface area contributed by atoms with Gasteiger partial charge in [0, 0.05) is 10.9 Å². The zero-order chi connectivity index (χ0) is 18.3. The van der Waals surface area contributed by atoms with Crippen LogP contribution >= 0.6 is 11.6 Å². The first-order chi connectivity index (χ1) is 12.5. The molecule has 1 aliphatic carbocycles. The Morgan fingerprint density at radius 3 is 2.77 bits per heavy atom. The second-order valence-electron chi connectivity index (χ2n) is 7.70. The molecule has 5 nitrogen and oxygen atoms in total. The largest absolute Gasteiger partial charge is 0.459 e. The highest BCUT2D eigenvalue weighted by Gasteiger charge is 2.43. The summed E-state index contributed by atoms with van der Waals surface area (Å²) in [5, 5.41) is 7.70. The molecule has 1 spiro atoms. The third kappa shape index (κ3) is 2.97. The molecule has 6 heteroatoms. The van der Waals surface area contributed by atoms with Gasteiger partial charge >= 0.3 is 6.03 Å². The minimum absolute atomic E-state index is 0.171. The number of urea groups is 1. The van der Waals surface area contributed by atoms with Crippen molar-refractivity contribution in [3.8, 4) is 0 Å². The number of anilines is 1. The van der Waals surface area contributed by atoms with Crippen molar-refractivity contribution in [3.63, 3.8) is 0 Å². The number of hydrogen-bond acceptors (Lipinski definition) is 3. The minimum Gasteiger partial charge on any atom is -0.459 e. The average molecular weight is 376 g/mol. The standard InChI is InChI=1S/C20H26ClN3O2/c1-3-9-24(2)12-14-10-13-11-15(21)17-16(18(13)26-14)20(23-19(25)22-17)7-5-4-6-8-20/h10-11H,3-9,12H2,1-2H3,(H2,22,23,25). The number of halogens is 1. The molecule has 0 atom stereocenters. The van der Waals surface area contributed by atoms with Gasteiger partial charge in [0.15, 0.2) is 0 Å². The molecule has 1 saturated carbocycles. The molecule has 2 amide bonds. The van der Waals surface area contributed by atoms with Gasteiger partial charge in [-0.25, -0.2) is 4.79 Å². The minimum atomic E-state index is -0.372. The highest BCUT2D eigenvalue weighted by molar-refractivity contribution is 6.35. The molecule has 1 fully saturated rings. The Kier molecular flexibility index (Phi) is 4.61. The smallest absolute Gasteiger partial charge is 0.319 e. The monoisotopic (exact) mass is 375 g/mol. The fourth-order valence-electron chi connectivity index (χ4n) is 4.54. The summed E-state index contributed by atoms with van der Waals surface area (Å²) in [5.41, 5.74) is 2.23. The second-order valence-corrected chi connectivity index (χ2v) is 8.11. The highest BCUT2D eigenvalue weighted by atomic mass is 35.5. The summed E-state index contributed by atoms with van der Waals surface area (Å²) in [4.78, 5) is 14.5. The van der Waals surface area contributed by atoms with Crippen molar-refractivity contribution in [2.24, 2.45) is 0 Å². The van der Waals surface area contributed by atoms with E-state index in [1.807, 2.05) is 6.07 Å². The number of nitrogens with zero attached hydrogens (tertiary/aromatic N) is 1. The molecule has 0 unspecified atom stereocenters. The number of fused-ring (bicyclic) bond motifs is 4. The Bertz CT molecular complexity index is 839. The van der Waals surface area contributed by atoms with Crippen molar-refractivity contribution in [2.75, 3.05) is 18.9 Å². The number of rotatable bonds is 4. The normalized spacial score (nSPS) is 18.8. The first-order valence-corrected chi connectivity index (χ1v) is 9.93. The zero-order valence-corrected chi connectivity index (χ0v) is 16.2. The van der Waals surface area contributed by atoms with Crippen LogP contribution in [0.1, 0.15) is 56.8 Å². The molecule has 1 aromatic heterocycles. The zero-order valence-electron chi connectivity index (χ0n) is 15.5. The van der Waals surface area contributed by atoms with Crippen molar-refractivity contribution < 1.29 is 9.21 Å². The van der Waals surface area contributed by atoms with Crippen LogP contribution in [-0.2, 0) is 12.1 Å². The van der Waals surface area contributed by atoms with Crippen LogP contribution in [0.4, 0.5) is 10.5 Å². The van der Waals surface area contributed by atoms with Crippen molar-refractivity contribution in [2.45, 2.75) is 57.5 Å². The predicted molar refractivity (Wildman–Crippen MR) is 105 cm³/mol. The van der Waals surface area contributed by atoms with E-state index in [2.05, 4.69) is 35.6 Å². The Balaban J connectivity index is 1.84. The van der Waals surface area contributed by atoms with Gasteiger partial charge in [0.2, 0.25) is 0 Å². The lowest BCUT2D eigenvalue weighted by molar-refractivity contribution is 0.208. The number of furan rings is 1. The van der Waals surface area contributed by atoms with E-state index in [9.17, 15) is 4.79 Å². The number of amides is 2. The van der Waals surface area contributed by atoms with Gasteiger partial charge in [0.05, 0.1) is 22.8 Å². The molecule has 0 saturated heterocycles. The number of benzene rings is 1. The third-order valence-electron chi connectivity index (χ3n) is 5.62. The van der Waals surface area contributed by atoms with Crippen molar-refractivity contribution in [3.05, 3.63) is 28.5 Å². The summed E-state index contributed by atoms with van der Waals surface area (Å²) >= 11 is 6.56. The van der Waals surface area contributed by atoms with Gasteiger partial charge in [-0.05, 0) is 45.0 Å². The maximum Gasteiger partial charge on any atom is 0.319 e. The Morgan fingerprint density at radius 2 is 2.04 bits per heavy atom. The van der Waals surface area contributed by atoms with Crippen LogP contribution in [0, 0.1) is 0 Å². The topological polar surface area (TPSA) is 57.5 Å². The van der Waals surface area contributed by atoms with Crippen LogP contribution in [0.3, 0.4) is 0 Å². The highest BCUT2D eigenvalue weighted by Crippen LogP contribution is 2.48. The Labute approximate surface area is 159 Å². The lowest BCUT2D eigenvalue weighted by atomic mass is 9.74. The van der Waals surface area contributed by atoms with Crippen LogP contribution in [0.2, 0.25) is 5.02 Å². The molecular formula is C20H26ClN3O2. The van der Waals surface area contributed by atoms with Gasteiger partial charge in [-0.15, -0.1) is 0 Å². The van der Waals surface area contributed by atoms with Crippen molar-refractivity contribution in [1.29, 1.82) is 0 Å². The second kappa shape index (κ2) is 6.78. The summed E-state index contributed by atoms with van der Waals surface area (Å²) in [6, 6.07) is 3.82. The van der Waals surface area contributed by atoms with E-state index in [-0.39, 0.29) is 11.6 Å². The fraction of sp³-hybridized carbons (Fsp3) is 0.550. The van der Waals surface area contributed by atoms with Gasteiger partial charge in [-0.2, -0.15) is 0 Å². The molecule has 140 valence electrons. The molecule has 4 rings (SSSR count). The first-order valence-electron chi connectivity index (χ1n) is 9.55.